The number of fused-ring (bicyclic) bond motifs is 3. The topological polar surface area (TPSA) is 68.3 Å². The van der Waals surface area contributed by atoms with Crippen LogP contribution in [0.1, 0.15) is 0 Å². The van der Waals surface area contributed by atoms with Crippen molar-refractivity contribution in [2.24, 2.45) is 0 Å². The second-order valence-corrected chi connectivity index (χ2v) is 8.15. The molecule has 0 spiro atoms. The maximum absolute atomic E-state index is 12.6. The molecular weight excluding hydrogens is 356 g/mol. The number of rotatable bonds is 4. The summed E-state index contributed by atoms with van der Waals surface area (Å²) in [6, 6.07) is 18.1. The smallest absolute Gasteiger partial charge is 0.263 e. The molecular formula is C18H14N2O3S2. The van der Waals surface area contributed by atoms with Gasteiger partial charge in [0.1, 0.15) is 5.75 Å². The lowest BCUT2D eigenvalue weighted by atomic mass is 10.1. The molecule has 4 aromatic rings. The van der Waals surface area contributed by atoms with Gasteiger partial charge in [0.15, 0.2) is 5.13 Å². The van der Waals surface area contributed by atoms with Crippen LogP contribution in [0.3, 0.4) is 0 Å². The van der Waals surface area contributed by atoms with Crippen molar-refractivity contribution in [3.05, 3.63) is 60.7 Å². The van der Waals surface area contributed by atoms with Gasteiger partial charge >= 0.3 is 0 Å². The van der Waals surface area contributed by atoms with E-state index >= 15 is 0 Å². The first kappa shape index (κ1) is 15.9. The van der Waals surface area contributed by atoms with E-state index in [-0.39, 0.29) is 4.90 Å². The summed E-state index contributed by atoms with van der Waals surface area (Å²) < 4.78 is 33.7. The summed E-state index contributed by atoms with van der Waals surface area (Å²) in [5.41, 5.74) is 0.801. The Kier molecular flexibility index (Phi) is 3.82. The van der Waals surface area contributed by atoms with Crippen LogP contribution in [-0.2, 0) is 10.0 Å². The minimum atomic E-state index is -3.70. The van der Waals surface area contributed by atoms with Crippen LogP contribution in [0.15, 0.2) is 65.6 Å². The first-order valence-corrected chi connectivity index (χ1v) is 9.82. The van der Waals surface area contributed by atoms with Gasteiger partial charge in [-0.3, -0.25) is 4.72 Å². The van der Waals surface area contributed by atoms with Gasteiger partial charge in [0.05, 0.1) is 22.2 Å². The van der Waals surface area contributed by atoms with E-state index in [1.807, 2.05) is 36.4 Å². The molecule has 0 radical (unpaired) electrons. The standard InChI is InChI=1S/C18H14N2O3S2/c1-23-13-7-9-14(10-8-13)25(21,22)20-18-19-17-15-5-3-2-4-12(15)6-11-16(17)24-18/h2-11H,1H3,(H,19,20). The number of aromatic nitrogens is 1. The van der Waals surface area contributed by atoms with E-state index in [9.17, 15) is 8.42 Å². The highest BCUT2D eigenvalue weighted by Crippen LogP contribution is 2.32. The lowest BCUT2D eigenvalue weighted by Crippen LogP contribution is -2.12. The molecule has 0 amide bonds. The van der Waals surface area contributed by atoms with Crippen LogP contribution in [-0.4, -0.2) is 20.5 Å². The monoisotopic (exact) mass is 370 g/mol. The Balaban J connectivity index is 1.73. The van der Waals surface area contributed by atoms with Gasteiger partial charge in [-0.15, -0.1) is 0 Å². The Labute approximate surface area is 149 Å². The van der Waals surface area contributed by atoms with Gasteiger partial charge < -0.3 is 4.74 Å². The molecule has 0 atom stereocenters. The summed E-state index contributed by atoms with van der Waals surface area (Å²) in [5.74, 6) is 0.602. The predicted molar refractivity (Wildman–Crippen MR) is 101 cm³/mol. The fourth-order valence-corrected chi connectivity index (χ4v) is 4.75. The van der Waals surface area contributed by atoms with Crippen molar-refractivity contribution in [1.82, 2.24) is 4.98 Å². The molecule has 0 unspecified atom stereocenters. The van der Waals surface area contributed by atoms with Crippen molar-refractivity contribution >= 4 is 47.5 Å². The van der Waals surface area contributed by atoms with Crippen LogP contribution in [0.2, 0.25) is 0 Å². The molecule has 1 aromatic heterocycles. The fourth-order valence-electron chi connectivity index (χ4n) is 2.63. The highest BCUT2D eigenvalue weighted by molar-refractivity contribution is 7.93. The van der Waals surface area contributed by atoms with Crippen LogP contribution in [0.5, 0.6) is 5.75 Å². The molecule has 5 nitrogen and oxygen atoms in total. The van der Waals surface area contributed by atoms with E-state index in [2.05, 4.69) is 9.71 Å². The third-order valence-electron chi connectivity index (χ3n) is 3.87. The molecule has 1 N–H and O–H groups in total. The van der Waals surface area contributed by atoms with Crippen LogP contribution in [0, 0.1) is 0 Å². The van der Waals surface area contributed by atoms with E-state index in [1.165, 1.54) is 30.6 Å². The summed E-state index contributed by atoms with van der Waals surface area (Å²) in [4.78, 5) is 4.65. The number of hydrogen-bond donors (Lipinski definition) is 1. The van der Waals surface area contributed by atoms with Gasteiger partial charge in [-0.05, 0) is 35.7 Å². The number of thiazole rings is 1. The van der Waals surface area contributed by atoms with E-state index in [4.69, 9.17) is 4.74 Å². The average Bonchev–Trinajstić information content (AvgIpc) is 3.04. The lowest BCUT2D eigenvalue weighted by molar-refractivity contribution is 0.414. The molecule has 126 valence electrons. The summed E-state index contributed by atoms with van der Waals surface area (Å²) in [7, 11) is -2.16. The van der Waals surface area contributed by atoms with E-state index < -0.39 is 10.0 Å². The number of benzene rings is 3. The van der Waals surface area contributed by atoms with Crippen molar-refractivity contribution in [2.75, 3.05) is 11.8 Å². The van der Waals surface area contributed by atoms with Gasteiger partial charge in [0.25, 0.3) is 10.0 Å². The molecule has 0 aliphatic heterocycles. The molecule has 3 aromatic carbocycles. The molecule has 0 saturated heterocycles. The van der Waals surface area contributed by atoms with Crippen LogP contribution in [0.25, 0.3) is 21.0 Å². The third-order valence-corrected chi connectivity index (χ3v) is 6.30. The van der Waals surface area contributed by atoms with E-state index in [0.29, 0.717) is 10.9 Å². The van der Waals surface area contributed by atoms with Gasteiger partial charge in [0.2, 0.25) is 0 Å². The minimum absolute atomic E-state index is 0.164. The largest absolute Gasteiger partial charge is 0.497 e. The Morgan fingerprint density at radius 1 is 1.00 bits per heavy atom. The third kappa shape index (κ3) is 2.92. The first-order chi connectivity index (χ1) is 12.1. The number of hydrogen-bond acceptors (Lipinski definition) is 5. The molecule has 25 heavy (non-hydrogen) atoms. The minimum Gasteiger partial charge on any atom is -0.497 e. The zero-order chi connectivity index (χ0) is 17.4. The van der Waals surface area contributed by atoms with E-state index in [0.717, 1.165) is 21.0 Å². The number of nitrogens with zero attached hydrogens (tertiary/aromatic N) is 1. The molecule has 0 aliphatic rings. The van der Waals surface area contributed by atoms with Crippen molar-refractivity contribution in [3.63, 3.8) is 0 Å². The number of sulfonamides is 1. The van der Waals surface area contributed by atoms with Gasteiger partial charge in [-0.1, -0.05) is 41.7 Å². The van der Waals surface area contributed by atoms with Crippen molar-refractivity contribution in [1.29, 1.82) is 0 Å². The predicted octanol–water partition coefficient (Wildman–Crippen LogP) is 4.26. The maximum Gasteiger partial charge on any atom is 0.263 e. The Hall–Kier alpha value is -2.64. The molecule has 0 saturated carbocycles. The maximum atomic E-state index is 12.6. The Bertz CT molecular complexity index is 1170. The normalized spacial score (nSPS) is 11.7. The summed E-state index contributed by atoms with van der Waals surface area (Å²) in [6.07, 6.45) is 0. The van der Waals surface area contributed by atoms with E-state index in [1.54, 1.807) is 12.1 Å². The average molecular weight is 370 g/mol. The molecule has 4 rings (SSSR count). The summed E-state index contributed by atoms with van der Waals surface area (Å²) >= 11 is 1.32. The quantitative estimate of drug-likeness (QED) is 0.583. The number of methoxy groups -OCH3 is 1. The Morgan fingerprint density at radius 2 is 1.76 bits per heavy atom. The zero-order valence-corrected chi connectivity index (χ0v) is 14.9. The molecule has 0 bridgehead atoms. The second kappa shape index (κ2) is 6.02. The van der Waals surface area contributed by atoms with Crippen LogP contribution in [0.4, 0.5) is 5.13 Å². The fraction of sp³-hybridized carbons (Fsp3) is 0.0556. The van der Waals surface area contributed by atoms with Gasteiger partial charge in [0, 0.05) is 5.39 Å². The zero-order valence-electron chi connectivity index (χ0n) is 13.3. The van der Waals surface area contributed by atoms with Crippen LogP contribution >= 0.6 is 11.3 Å². The molecule has 7 heteroatoms. The van der Waals surface area contributed by atoms with Crippen molar-refractivity contribution in [3.8, 4) is 5.75 Å². The van der Waals surface area contributed by atoms with Crippen LogP contribution < -0.4 is 9.46 Å². The summed E-state index contributed by atoms with van der Waals surface area (Å²) in [5, 5.41) is 2.43. The summed E-state index contributed by atoms with van der Waals surface area (Å²) in [6.45, 7) is 0. The number of ether oxygens (including phenoxy) is 1. The highest BCUT2D eigenvalue weighted by atomic mass is 32.2. The van der Waals surface area contributed by atoms with Gasteiger partial charge in [-0.2, -0.15) is 0 Å². The first-order valence-electron chi connectivity index (χ1n) is 7.52. The second-order valence-electron chi connectivity index (χ2n) is 5.43. The molecule has 0 fully saturated rings. The lowest BCUT2D eigenvalue weighted by Gasteiger charge is -2.05. The number of nitrogens with one attached hydrogen (secondary N) is 1. The van der Waals surface area contributed by atoms with Crippen molar-refractivity contribution in [2.45, 2.75) is 4.90 Å². The van der Waals surface area contributed by atoms with Gasteiger partial charge in [-0.25, -0.2) is 13.4 Å². The molecule has 1 heterocycles. The van der Waals surface area contributed by atoms with Crippen molar-refractivity contribution < 1.29 is 13.2 Å². The highest BCUT2D eigenvalue weighted by Gasteiger charge is 2.17. The SMILES string of the molecule is COc1ccc(S(=O)(=O)Nc2nc3c(ccc4ccccc43)s2)cc1. The molecule has 0 aliphatic carbocycles. The Morgan fingerprint density at radius 3 is 2.52 bits per heavy atom. The number of anilines is 1.